The van der Waals surface area contributed by atoms with Crippen LogP contribution in [0.2, 0.25) is 0 Å². The second-order valence-electron chi connectivity index (χ2n) is 2.13. The Morgan fingerprint density at radius 1 is 1.22 bits per heavy atom. The Kier molecular flexibility index (Phi) is 2.62. The first-order chi connectivity index (χ1) is 3.85. The first-order valence-corrected chi connectivity index (χ1v) is 4.17. The summed E-state index contributed by atoms with van der Waals surface area (Å²) in [7, 11) is -3.93. The average Bonchev–Trinajstić information content (AvgIpc) is 1.62. The Bertz CT molecular complexity index is 173. The van der Waals surface area contributed by atoms with Crippen LogP contribution in [0.3, 0.4) is 0 Å². The number of hydrogen-bond donors (Lipinski definition) is 2. The Hall–Kier alpha value is -0.110. The fourth-order valence-corrected chi connectivity index (χ4v) is 0.874. The third kappa shape index (κ3) is 2.80. The summed E-state index contributed by atoms with van der Waals surface area (Å²) < 4.78 is 10.4. The van der Waals surface area contributed by atoms with Gasteiger partial charge < -0.3 is 9.79 Å². The third-order valence-corrected chi connectivity index (χ3v) is 2.48. The molecule has 0 heterocycles. The number of rotatable bonds is 1. The van der Waals surface area contributed by atoms with Crippen LogP contribution in [0.15, 0.2) is 10.9 Å². The van der Waals surface area contributed by atoms with Crippen LogP contribution in [0.25, 0.3) is 0 Å². The minimum absolute atomic E-state index is 0.169. The molecule has 0 aliphatic carbocycles. The van der Waals surface area contributed by atoms with E-state index in [9.17, 15) is 4.57 Å². The van der Waals surface area contributed by atoms with Crippen molar-refractivity contribution in [1.82, 2.24) is 0 Å². The summed E-state index contributed by atoms with van der Waals surface area (Å²) in [6.45, 7) is 4.79. The fraction of sp³-hybridized carbons (Fsp3) is 0.600. The molecule has 3 nitrogen and oxygen atoms in total. The molecule has 0 fully saturated rings. The molecule has 9 heavy (non-hydrogen) atoms. The largest absolute Gasteiger partial charge is 0.351 e. The minimum atomic E-state index is -3.93. The van der Waals surface area contributed by atoms with Gasteiger partial charge in [0.2, 0.25) is 0 Å². The molecule has 0 aliphatic heterocycles. The van der Waals surface area contributed by atoms with Crippen molar-refractivity contribution in [1.29, 1.82) is 0 Å². The van der Waals surface area contributed by atoms with Gasteiger partial charge in [-0.3, -0.25) is 4.57 Å². The van der Waals surface area contributed by atoms with E-state index in [1.807, 2.05) is 0 Å². The molecular weight excluding hydrogens is 139 g/mol. The molecule has 0 rings (SSSR count). The fourth-order valence-electron chi connectivity index (χ4n) is 0.291. The molecule has 2 N–H and O–H groups in total. The van der Waals surface area contributed by atoms with Gasteiger partial charge in [0.15, 0.2) is 0 Å². The van der Waals surface area contributed by atoms with Gasteiger partial charge in [0.25, 0.3) is 0 Å². The maximum atomic E-state index is 10.4. The lowest BCUT2D eigenvalue weighted by Crippen LogP contribution is -1.81. The lowest BCUT2D eigenvalue weighted by molar-refractivity contribution is 0.382. The molecule has 0 atom stereocenters. The predicted molar refractivity (Wildman–Crippen MR) is 36.1 cm³/mol. The molecule has 4 heteroatoms. The van der Waals surface area contributed by atoms with Crippen molar-refractivity contribution in [3.63, 3.8) is 0 Å². The highest BCUT2D eigenvalue weighted by atomic mass is 31.2. The van der Waals surface area contributed by atoms with Gasteiger partial charge in [-0.25, -0.2) is 0 Å². The van der Waals surface area contributed by atoms with Crippen molar-refractivity contribution in [2.75, 3.05) is 0 Å². The van der Waals surface area contributed by atoms with E-state index < -0.39 is 7.60 Å². The summed E-state index contributed by atoms with van der Waals surface area (Å²) in [5.41, 5.74) is 0.684. The molecule has 0 spiro atoms. The Balaban J connectivity index is 4.62. The summed E-state index contributed by atoms with van der Waals surface area (Å²) in [4.78, 5) is 17.0. The highest BCUT2D eigenvalue weighted by Gasteiger charge is 2.16. The van der Waals surface area contributed by atoms with Crippen LogP contribution in [0.1, 0.15) is 20.8 Å². The van der Waals surface area contributed by atoms with Gasteiger partial charge in [0.1, 0.15) is 0 Å². The molecule has 0 saturated carbocycles. The van der Waals surface area contributed by atoms with E-state index in [0.29, 0.717) is 5.57 Å². The van der Waals surface area contributed by atoms with Crippen LogP contribution in [0.5, 0.6) is 0 Å². The molecule has 0 saturated heterocycles. The van der Waals surface area contributed by atoms with Crippen molar-refractivity contribution >= 4 is 7.60 Å². The van der Waals surface area contributed by atoms with Crippen LogP contribution in [-0.4, -0.2) is 9.79 Å². The lowest BCUT2D eigenvalue weighted by atomic mass is 10.3. The SMILES string of the molecule is CC(C)=C(C)P(=O)(O)O. The Labute approximate surface area is 54.6 Å². The summed E-state index contributed by atoms with van der Waals surface area (Å²) in [6, 6.07) is 0. The smallest absolute Gasteiger partial charge is 0.321 e. The Morgan fingerprint density at radius 2 is 1.56 bits per heavy atom. The van der Waals surface area contributed by atoms with E-state index in [-0.39, 0.29) is 5.31 Å². The van der Waals surface area contributed by atoms with Gasteiger partial charge >= 0.3 is 7.60 Å². The van der Waals surface area contributed by atoms with E-state index in [0.717, 1.165) is 0 Å². The topological polar surface area (TPSA) is 57.5 Å². The van der Waals surface area contributed by atoms with Crippen molar-refractivity contribution < 1.29 is 14.4 Å². The average molecular weight is 150 g/mol. The molecule has 0 amide bonds. The van der Waals surface area contributed by atoms with Crippen LogP contribution in [0.4, 0.5) is 0 Å². The Morgan fingerprint density at radius 3 is 1.56 bits per heavy atom. The summed E-state index contributed by atoms with van der Waals surface area (Å²) in [5.74, 6) is 0. The monoisotopic (exact) mass is 150 g/mol. The molecule has 0 aromatic carbocycles. The predicted octanol–water partition coefficient (Wildman–Crippen LogP) is 1.48. The first-order valence-electron chi connectivity index (χ1n) is 2.56. The molecule has 54 valence electrons. The second kappa shape index (κ2) is 2.65. The molecule has 0 radical (unpaired) electrons. The van der Waals surface area contributed by atoms with Crippen molar-refractivity contribution in [2.24, 2.45) is 0 Å². The highest BCUT2D eigenvalue weighted by Crippen LogP contribution is 2.45. The lowest BCUT2D eigenvalue weighted by Gasteiger charge is -2.04. The van der Waals surface area contributed by atoms with E-state index in [2.05, 4.69) is 0 Å². The van der Waals surface area contributed by atoms with Crippen LogP contribution >= 0.6 is 7.60 Å². The van der Waals surface area contributed by atoms with Gasteiger partial charge in [-0.05, 0) is 20.8 Å². The molecular formula is C5H11O3P. The van der Waals surface area contributed by atoms with Crippen molar-refractivity contribution in [2.45, 2.75) is 20.8 Å². The zero-order valence-corrected chi connectivity index (χ0v) is 6.64. The highest BCUT2D eigenvalue weighted by molar-refractivity contribution is 7.56. The normalized spacial score (nSPS) is 11.2. The summed E-state index contributed by atoms with van der Waals surface area (Å²) in [6.07, 6.45) is 0. The van der Waals surface area contributed by atoms with Gasteiger partial charge in [0.05, 0.1) is 0 Å². The molecule has 0 aromatic rings. The van der Waals surface area contributed by atoms with Crippen LogP contribution < -0.4 is 0 Å². The molecule has 0 aromatic heterocycles. The van der Waals surface area contributed by atoms with Crippen LogP contribution in [-0.2, 0) is 4.57 Å². The second-order valence-corrected chi connectivity index (χ2v) is 3.89. The van der Waals surface area contributed by atoms with Gasteiger partial charge in [-0.2, -0.15) is 0 Å². The zero-order chi connectivity index (χ0) is 7.65. The minimum Gasteiger partial charge on any atom is -0.321 e. The molecule has 0 unspecified atom stereocenters. The van der Waals surface area contributed by atoms with Gasteiger partial charge in [0, 0.05) is 5.31 Å². The van der Waals surface area contributed by atoms with Crippen LogP contribution in [0, 0.1) is 0 Å². The van der Waals surface area contributed by atoms with E-state index in [1.54, 1.807) is 13.8 Å². The number of allylic oxidation sites excluding steroid dienone is 2. The maximum Gasteiger partial charge on any atom is 0.351 e. The summed E-state index contributed by atoms with van der Waals surface area (Å²) in [5, 5.41) is 0.169. The van der Waals surface area contributed by atoms with Crippen molar-refractivity contribution in [3.8, 4) is 0 Å². The zero-order valence-electron chi connectivity index (χ0n) is 5.75. The van der Waals surface area contributed by atoms with Gasteiger partial charge in [-0.15, -0.1) is 0 Å². The van der Waals surface area contributed by atoms with E-state index in [1.165, 1.54) is 6.92 Å². The molecule has 0 aliphatic rings. The van der Waals surface area contributed by atoms with Crippen molar-refractivity contribution in [3.05, 3.63) is 10.9 Å². The standard InChI is InChI=1S/C5H11O3P/c1-4(2)5(3)9(6,7)8/h1-3H3,(H2,6,7,8). The first kappa shape index (κ1) is 8.89. The third-order valence-electron chi connectivity index (χ3n) is 1.16. The summed E-state index contributed by atoms with van der Waals surface area (Å²) >= 11 is 0. The van der Waals surface area contributed by atoms with Gasteiger partial charge in [-0.1, -0.05) is 5.57 Å². The van der Waals surface area contributed by atoms with E-state index >= 15 is 0 Å². The number of hydrogen-bond acceptors (Lipinski definition) is 1. The maximum absolute atomic E-state index is 10.4. The quantitative estimate of drug-likeness (QED) is 0.556. The van der Waals surface area contributed by atoms with E-state index in [4.69, 9.17) is 9.79 Å². The molecule has 0 bridgehead atoms.